The summed E-state index contributed by atoms with van der Waals surface area (Å²) in [6, 6.07) is 13.6. The minimum atomic E-state index is -3.70. The number of sulfonamides is 1. The number of ether oxygens (including phenoxy) is 1. The molecule has 2 aromatic rings. The van der Waals surface area contributed by atoms with E-state index in [0.717, 1.165) is 11.1 Å². The van der Waals surface area contributed by atoms with Crippen LogP contribution in [-0.4, -0.2) is 34.6 Å². The molecular weight excluding hydrogens is 352 g/mol. The van der Waals surface area contributed by atoms with Crippen LogP contribution in [0, 0.1) is 6.92 Å². The van der Waals surface area contributed by atoms with Crippen molar-refractivity contribution in [1.29, 1.82) is 0 Å². The third-order valence-corrected chi connectivity index (χ3v) is 5.20. The van der Waals surface area contributed by atoms with E-state index in [4.69, 9.17) is 4.74 Å². The van der Waals surface area contributed by atoms with E-state index in [0.29, 0.717) is 25.1 Å². The average Bonchev–Trinajstić information content (AvgIpc) is 2.65. The molecule has 2 aromatic carbocycles. The molecule has 0 atom stereocenters. The van der Waals surface area contributed by atoms with Gasteiger partial charge in [0.1, 0.15) is 0 Å². The Morgan fingerprint density at radius 2 is 1.85 bits per heavy atom. The fourth-order valence-electron chi connectivity index (χ4n) is 2.29. The van der Waals surface area contributed by atoms with Crippen molar-refractivity contribution in [3.8, 4) is 0 Å². The van der Waals surface area contributed by atoms with Crippen LogP contribution in [0.1, 0.15) is 27.9 Å². The highest BCUT2D eigenvalue weighted by Gasteiger charge is 2.16. The maximum absolute atomic E-state index is 12.5. The van der Waals surface area contributed by atoms with Crippen LogP contribution >= 0.6 is 0 Å². The van der Waals surface area contributed by atoms with Crippen LogP contribution in [0.25, 0.3) is 0 Å². The van der Waals surface area contributed by atoms with E-state index in [1.165, 1.54) is 12.1 Å². The third-order valence-electron chi connectivity index (χ3n) is 3.80. The summed E-state index contributed by atoms with van der Waals surface area (Å²) in [5.41, 5.74) is 2.28. The van der Waals surface area contributed by atoms with Crippen molar-refractivity contribution in [3.63, 3.8) is 0 Å². The first-order chi connectivity index (χ1) is 12.4. The van der Waals surface area contributed by atoms with Gasteiger partial charge in [0.15, 0.2) is 0 Å². The van der Waals surface area contributed by atoms with E-state index in [2.05, 4.69) is 10.0 Å². The zero-order chi connectivity index (χ0) is 19.0. The number of aryl methyl sites for hydroxylation is 1. The summed E-state index contributed by atoms with van der Waals surface area (Å²) in [5.74, 6) is -0.309. The Morgan fingerprint density at radius 3 is 2.54 bits per heavy atom. The predicted molar refractivity (Wildman–Crippen MR) is 100 cm³/mol. The molecule has 0 saturated heterocycles. The fraction of sp³-hybridized carbons (Fsp3) is 0.316. The summed E-state index contributed by atoms with van der Waals surface area (Å²) in [5, 5.41) is 2.74. The first-order valence-electron chi connectivity index (χ1n) is 8.35. The SMILES string of the molecule is COCCCNC(=O)c1cccc(S(=O)(=O)NCc2ccc(C)cc2)c1. The Bertz CT molecular complexity index is 833. The maximum Gasteiger partial charge on any atom is 0.251 e. The molecule has 140 valence electrons. The smallest absolute Gasteiger partial charge is 0.251 e. The molecule has 0 aromatic heterocycles. The fourth-order valence-corrected chi connectivity index (χ4v) is 3.36. The maximum atomic E-state index is 12.5. The first kappa shape index (κ1) is 20.1. The molecule has 0 unspecified atom stereocenters. The van der Waals surface area contributed by atoms with E-state index < -0.39 is 10.0 Å². The van der Waals surface area contributed by atoms with E-state index >= 15 is 0 Å². The van der Waals surface area contributed by atoms with Crippen molar-refractivity contribution in [2.24, 2.45) is 0 Å². The number of rotatable bonds is 9. The Labute approximate surface area is 154 Å². The van der Waals surface area contributed by atoms with Gasteiger partial charge in [-0.05, 0) is 37.1 Å². The lowest BCUT2D eigenvalue weighted by atomic mass is 10.2. The Balaban J connectivity index is 2.02. The van der Waals surface area contributed by atoms with Gasteiger partial charge in [-0.15, -0.1) is 0 Å². The molecule has 6 nitrogen and oxygen atoms in total. The molecule has 0 radical (unpaired) electrons. The Morgan fingerprint density at radius 1 is 1.12 bits per heavy atom. The van der Waals surface area contributed by atoms with Crippen LogP contribution in [0.3, 0.4) is 0 Å². The second kappa shape index (κ2) is 9.47. The molecule has 0 bridgehead atoms. The number of nitrogens with one attached hydrogen (secondary N) is 2. The van der Waals surface area contributed by atoms with Crippen molar-refractivity contribution < 1.29 is 17.9 Å². The molecule has 1 amide bonds. The summed E-state index contributed by atoms with van der Waals surface area (Å²) in [6.07, 6.45) is 0.693. The second-order valence-electron chi connectivity index (χ2n) is 5.94. The number of methoxy groups -OCH3 is 1. The largest absolute Gasteiger partial charge is 0.385 e. The minimum Gasteiger partial charge on any atom is -0.385 e. The summed E-state index contributed by atoms with van der Waals surface area (Å²) in [7, 11) is -2.11. The second-order valence-corrected chi connectivity index (χ2v) is 7.71. The summed E-state index contributed by atoms with van der Waals surface area (Å²) in [4.78, 5) is 12.2. The molecular formula is C19H24N2O4S. The molecule has 26 heavy (non-hydrogen) atoms. The van der Waals surface area contributed by atoms with Gasteiger partial charge in [-0.1, -0.05) is 35.9 Å². The van der Waals surface area contributed by atoms with Gasteiger partial charge in [0.2, 0.25) is 10.0 Å². The number of hydrogen-bond donors (Lipinski definition) is 2. The minimum absolute atomic E-state index is 0.0640. The molecule has 0 saturated carbocycles. The van der Waals surface area contributed by atoms with Gasteiger partial charge >= 0.3 is 0 Å². The Hall–Kier alpha value is -2.22. The van der Waals surface area contributed by atoms with Crippen molar-refractivity contribution in [3.05, 3.63) is 65.2 Å². The number of hydrogen-bond acceptors (Lipinski definition) is 4. The third kappa shape index (κ3) is 5.94. The number of benzene rings is 2. The van der Waals surface area contributed by atoms with Crippen molar-refractivity contribution in [1.82, 2.24) is 10.0 Å². The molecule has 0 fully saturated rings. The van der Waals surface area contributed by atoms with E-state index in [1.54, 1.807) is 19.2 Å². The lowest BCUT2D eigenvalue weighted by Crippen LogP contribution is -2.26. The molecule has 2 N–H and O–H groups in total. The highest BCUT2D eigenvalue weighted by molar-refractivity contribution is 7.89. The van der Waals surface area contributed by atoms with E-state index in [9.17, 15) is 13.2 Å². The monoisotopic (exact) mass is 376 g/mol. The van der Waals surface area contributed by atoms with Crippen molar-refractivity contribution >= 4 is 15.9 Å². The zero-order valence-electron chi connectivity index (χ0n) is 15.0. The van der Waals surface area contributed by atoms with Gasteiger partial charge in [-0.25, -0.2) is 13.1 Å². The molecule has 0 aliphatic carbocycles. The van der Waals surface area contributed by atoms with Crippen LogP contribution in [0.2, 0.25) is 0 Å². The zero-order valence-corrected chi connectivity index (χ0v) is 15.8. The van der Waals surface area contributed by atoms with E-state index in [-0.39, 0.29) is 17.3 Å². The molecule has 0 heterocycles. The molecule has 7 heteroatoms. The summed E-state index contributed by atoms with van der Waals surface area (Å²) in [6.45, 7) is 3.18. The van der Waals surface area contributed by atoms with Crippen LogP contribution in [0.4, 0.5) is 0 Å². The van der Waals surface area contributed by atoms with E-state index in [1.807, 2.05) is 31.2 Å². The van der Waals surface area contributed by atoms with Crippen LogP contribution < -0.4 is 10.0 Å². The van der Waals surface area contributed by atoms with Gasteiger partial charge < -0.3 is 10.1 Å². The molecule has 0 aliphatic heterocycles. The highest BCUT2D eigenvalue weighted by Crippen LogP contribution is 2.13. The molecule has 2 rings (SSSR count). The normalized spacial score (nSPS) is 11.3. The number of carbonyl (C=O) groups is 1. The van der Waals surface area contributed by atoms with Gasteiger partial charge in [0, 0.05) is 32.4 Å². The van der Waals surface area contributed by atoms with Crippen molar-refractivity contribution in [2.45, 2.75) is 24.8 Å². The van der Waals surface area contributed by atoms with Crippen molar-refractivity contribution in [2.75, 3.05) is 20.3 Å². The molecule has 0 spiro atoms. The summed E-state index contributed by atoms with van der Waals surface area (Å²) < 4.78 is 32.5. The van der Waals surface area contributed by atoms with Gasteiger partial charge in [-0.3, -0.25) is 4.79 Å². The Kier molecular flexibility index (Phi) is 7.32. The summed E-state index contributed by atoms with van der Waals surface area (Å²) >= 11 is 0. The van der Waals surface area contributed by atoms with Crippen LogP contribution in [0.15, 0.2) is 53.4 Å². The lowest BCUT2D eigenvalue weighted by Gasteiger charge is -2.09. The number of amides is 1. The predicted octanol–water partition coefficient (Wildman–Crippen LogP) is 2.24. The number of carbonyl (C=O) groups excluding carboxylic acids is 1. The van der Waals surface area contributed by atoms with Gasteiger partial charge in [0.25, 0.3) is 5.91 Å². The molecule has 0 aliphatic rings. The standard InChI is InChI=1S/C19H24N2O4S/c1-15-7-9-16(10-8-15)14-21-26(23,24)18-6-3-5-17(13-18)19(22)20-11-4-12-25-2/h3,5-10,13,21H,4,11-12,14H2,1-2H3,(H,20,22). The van der Waals surface area contributed by atoms with Crippen LogP contribution in [-0.2, 0) is 21.3 Å². The average molecular weight is 376 g/mol. The topological polar surface area (TPSA) is 84.5 Å². The lowest BCUT2D eigenvalue weighted by molar-refractivity contribution is 0.0948. The quantitative estimate of drug-likeness (QED) is 0.658. The van der Waals surface area contributed by atoms with Gasteiger partial charge in [-0.2, -0.15) is 0 Å². The highest BCUT2D eigenvalue weighted by atomic mass is 32.2. The van der Waals surface area contributed by atoms with Gasteiger partial charge in [0.05, 0.1) is 4.90 Å². The first-order valence-corrected chi connectivity index (χ1v) is 9.83. The van der Waals surface area contributed by atoms with Crippen LogP contribution in [0.5, 0.6) is 0 Å².